The first kappa shape index (κ1) is 14.7. The number of hydrogen-bond donors (Lipinski definition) is 4. The molecule has 5 nitrogen and oxygen atoms in total. The first-order valence-electron chi connectivity index (χ1n) is 4.77. The van der Waals surface area contributed by atoms with Gasteiger partial charge in [0.05, 0.1) is 24.8 Å². The van der Waals surface area contributed by atoms with Crippen LogP contribution in [0.2, 0.25) is 0 Å². The van der Waals surface area contributed by atoms with Crippen LogP contribution >= 0.6 is 11.8 Å². The Morgan fingerprint density at radius 3 is 2.47 bits per heavy atom. The van der Waals surface area contributed by atoms with Crippen molar-refractivity contribution in [1.82, 2.24) is 5.32 Å². The van der Waals surface area contributed by atoms with E-state index in [1.54, 1.807) is 18.7 Å². The molecular weight excluding hydrogens is 216 g/mol. The maximum Gasteiger partial charge on any atom is 0.237 e. The van der Waals surface area contributed by atoms with Crippen LogP contribution in [0.25, 0.3) is 0 Å². The standard InChI is InChI=1S/C9H20N2O3S/c1-9(5-12,6-13)11-8(14)7(10)3-4-15-2/h7,12-13H,3-6,10H2,1-2H3,(H,11,14)/t7-/m0/s1. The van der Waals surface area contributed by atoms with E-state index in [1.807, 2.05) is 6.26 Å². The molecule has 0 unspecified atom stereocenters. The molecule has 1 amide bonds. The number of nitrogens with two attached hydrogens (primary N) is 1. The number of thioether (sulfide) groups is 1. The summed E-state index contributed by atoms with van der Waals surface area (Å²) in [5.74, 6) is 0.471. The molecule has 5 N–H and O–H groups in total. The van der Waals surface area contributed by atoms with Gasteiger partial charge in [-0.25, -0.2) is 0 Å². The lowest BCUT2D eigenvalue weighted by molar-refractivity contribution is -0.125. The maximum absolute atomic E-state index is 11.5. The summed E-state index contributed by atoms with van der Waals surface area (Å²) in [6.07, 6.45) is 2.52. The van der Waals surface area contributed by atoms with Crippen molar-refractivity contribution in [2.24, 2.45) is 5.73 Å². The number of carbonyl (C=O) groups is 1. The van der Waals surface area contributed by atoms with Crippen LogP contribution in [0.1, 0.15) is 13.3 Å². The Balaban J connectivity index is 4.10. The van der Waals surface area contributed by atoms with Gasteiger partial charge in [0.2, 0.25) is 5.91 Å². The quantitative estimate of drug-likeness (QED) is 0.451. The largest absolute Gasteiger partial charge is 0.394 e. The molecule has 1 atom stereocenters. The van der Waals surface area contributed by atoms with Gasteiger partial charge in [0.25, 0.3) is 0 Å². The molecule has 0 aliphatic heterocycles. The fourth-order valence-electron chi connectivity index (χ4n) is 0.895. The van der Waals surface area contributed by atoms with Gasteiger partial charge < -0.3 is 21.3 Å². The lowest BCUT2D eigenvalue weighted by Gasteiger charge is -2.27. The van der Waals surface area contributed by atoms with E-state index in [2.05, 4.69) is 5.32 Å². The highest BCUT2D eigenvalue weighted by molar-refractivity contribution is 7.98. The van der Waals surface area contributed by atoms with E-state index in [4.69, 9.17) is 15.9 Å². The number of hydrogen-bond acceptors (Lipinski definition) is 5. The van der Waals surface area contributed by atoms with Gasteiger partial charge in [-0.05, 0) is 25.4 Å². The highest BCUT2D eigenvalue weighted by Gasteiger charge is 2.26. The summed E-state index contributed by atoms with van der Waals surface area (Å²) in [5.41, 5.74) is 4.64. The van der Waals surface area contributed by atoms with Gasteiger partial charge >= 0.3 is 0 Å². The number of nitrogens with one attached hydrogen (secondary N) is 1. The zero-order chi connectivity index (χ0) is 11.9. The zero-order valence-corrected chi connectivity index (χ0v) is 10.0. The number of aliphatic hydroxyl groups is 2. The third-order valence-electron chi connectivity index (χ3n) is 2.09. The lowest BCUT2D eigenvalue weighted by Crippen LogP contribution is -2.56. The molecule has 0 aliphatic rings. The molecule has 0 fully saturated rings. The highest BCUT2D eigenvalue weighted by Crippen LogP contribution is 2.03. The van der Waals surface area contributed by atoms with E-state index in [9.17, 15) is 4.79 Å². The molecule has 0 bridgehead atoms. The van der Waals surface area contributed by atoms with Crippen LogP contribution < -0.4 is 11.1 Å². The summed E-state index contributed by atoms with van der Waals surface area (Å²) >= 11 is 1.62. The van der Waals surface area contributed by atoms with Gasteiger partial charge in [0.15, 0.2) is 0 Å². The van der Waals surface area contributed by atoms with Crippen LogP contribution in [0.4, 0.5) is 0 Å². The Hall–Kier alpha value is -0.300. The van der Waals surface area contributed by atoms with Gasteiger partial charge in [-0.1, -0.05) is 0 Å². The van der Waals surface area contributed by atoms with Crippen molar-refractivity contribution in [3.05, 3.63) is 0 Å². The van der Waals surface area contributed by atoms with Crippen LogP contribution in [-0.2, 0) is 4.79 Å². The molecule has 0 aromatic rings. The fraction of sp³-hybridized carbons (Fsp3) is 0.889. The molecule has 0 aromatic carbocycles. The van der Waals surface area contributed by atoms with Crippen molar-refractivity contribution < 1.29 is 15.0 Å². The third kappa shape index (κ3) is 5.36. The summed E-state index contributed by atoms with van der Waals surface area (Å²) in [6.45, 7) is 0.932. The van der Waals surface area contributed by atoms with E-state index in [0.29, 0.717) is 6.42 Å². The summed E-state index contributed by atoms with van der Waals surface area (Å²) < 4.78 is 0. The normalized spacial score (nSPS) is 13.7. The average molecular weight is 236 g/mol. The van der Waals surface area contributed by atoms with Gasteiger partial charge in [0.1, 0.15) is 0 Å². The minimum atomic E-state index is -0.992. The summed E-state index contributed by atoms with van der Waals surface area (Å²) in [5, 5.41) is 20.5. The minimum absolute atomic E-state index is 0.315. The molecule has 0 saturated carbocycles. The smallest absolute Gasteiger partial charge is 0.237 e. The molecule has 0 spiro atoms. The van der Waals surface area contributed by atoms with Crippen molar-refractivity contribution in [2.75, 3.05) is 25.2 Å². The summed E-state index contributed by atoms with van der Waals surface area (Å²) in [4.78, 5) is 11.5. The van der Waals surface area contributed by atoms with Crippen LogP contribution in [-0.4, -0.2) is 52.9 Å². The van der Waals surface area contributed by atoms with Gasteiger partial charge in [0, 0.05) is 0 Å². The summed E-state index contributed by atoms with van der Waals surface area (Å²) in [7, 11) is 0. The first-order valence-corrected chi connectivity index (χ1v) is 6.16. The Labute approximate surface area is 94.4 Å². The second-order valence-electron chi connectivity index (χ2n) is 3.75. The number of amides is 1. The van der Waals surface area contributed by atoms with E-state index in [1.165, 1.54) is 0 Å². The molecule has 0 saturated heterocycles. The van der Waals surface area contributed by atoms with Crippen LogP contribution in [0.5, 0.6) is 0 Å². The Kier molecular flexibility index (Phi) is 6.91. The van der Waals surface area contributed by atoms with Crippen molar-refractivity contribution in [3.8, 4) is 0 Å². The average Bonchev–Trinajstić information content (AvgIpc) is 2.25. The molecule has 0 aliphatic carbocycles. The Morgan fingerprint density at radius 1 is 1.53 bits per heavy atom. The van der Waals surface area contributed by atoms with Crippen LogP contribution in [0.15, 0.2) is 0 Å². The molecule has 90 valence electrons. The van der Waals surface area contributed by atoms with Crippen LogP contribution in [0.3, 0.4) is 0 Å². The molecule has 0 rings (SSSR count). The topological polar surface area (TPSA) is 95.6 Å². The first-order chi connectivity index (χ1) is 6.99. The minimum Gasteiger partial charge on any atom is -0.394 e. The number of rotatable bonds is 7. The number of aliphatic hydroxyl groups excluding tert-OH is 2. The van der Waals surface area contributed by atoms with Gasteiger partial charge in [-0.15, -0.1) is 0 Å². The van der Waals surface area contributed by atoms with E-state index < -0.39 is 11.6 Å². The van der Waals surface area contributed by atoms with Gasteiger partial charge in [-0.2, -0.15) is 11.8 Å². The predicted octanol–water partition coefficient (Wildman–Crippen LogP) is -1.07. The van der Waals surface area contributed by atoms with Crippen molar-refractivity contribution in [1.29, 1.82) is 0 Å². The molecule has 0 radical (unpaired) electrons. The second kappa shape index (κ2) is 7.05. The van der Waals surface area contributed by atoms with E-state index in [-0.39, 0.29) is 19.1 Å². The van der Waals surface area contributed by atoms with Gasteiger partial charge in [-0.3, -0.25) is 4.79 Å². The van der Waals surface area contributed by atoms with E-state index in [0.717, 1.165) is 5.75 Å². The maximum atomic E-state index is 11.5. The Bertz CT molecular complexity index is 198. The summed E-state index contributed by atoms with van der Waals surface area (Å²) in [6, 6.07) is -0.588. The van der Waals surface area contributed by atoms with E-state index >= 15 is 0 Å². The monoisotopic (exact) mass is 236 g/mol. The number of carbonyl (C=O) groups excluding carboxylic acids is 1. The predicted molar refractivity (Wildman–Crippen MR) is 61.7 cm³/mol. The Morgan fingerprint density at radius 2 is 2.07 bits per heavy atom. The SMILES string of the molecule is CSCC[C@H](N)C(=O)NC(C)(CO)CO. The van der Waals surface area contributed by atoms with Crippen molar-refractivity contribution in [3.63, 3.8) is 0 Å². The zero-order valence-electron chi connectivity index (χ0n) is 9.19. The van der Waals surface area contributed by atoms with Crippen molar-refractivity contribution >= 4 is 17.7 Å². The fourth-order valence-corrected chi connectivity index (χ4v) is 1.38. The highest BCUT2D eigenvalue weighted by atomic mass is 32.2. The molecule has 6 heteroatoms. The molecule has 0 heterocycles. The molecular formula is C9H20N2O3S. The van der Waals surface area contributed by atoms with Crippen LogP contribution in [0, 0.1) is 0 Å². The lowest BCUT2D eigenvalue weighted by atomic mass is 10.0. The molecule has 15 heavy (non-hydrogen) atoms. The third-order valence-corrected chi connectivity index (χ3v) is 2.74. The van der Waals surface area contributed by atoms with Crippen molar-refractivity contribution in [2.45, 2.75) is 24.9 Å². The second-order valence-corrected chi connectivity index (χ2v) is 4.74. The molecule has 0 aromatic heterocycles.